The Kier molecular flexibility index (Phi) is 6.59. The first-order valence-electron chi connectivity index (χ1n) is 7.41. The van der Waals surface area contributed by atoms with Crippen LogP contribution in [0.4, 0.5) is 0 Å². The molecule has 0 fully saturated rings. The molecule has 0 aromatic heterocycles. The highest BCUT2D eigenvalue weighted by Crippen LogP contribution is 2.19. The predicted molar refractivity (Wildman–Crippen MR) is 92.1 cm³/mol. The van der Waals surface area contributed by atoms with Gasteiger partial charge in [-0.05, 0) is 30.0 Å². The first kappa shape index (κ1) is 17.5. The Labute approximate surface area is 141 Å². The van der Waals surface area contributed by atoms with Crippen LogP contribution in [0.2, 0.25) is 5.02 Å². The number of aliphatic hydroxyl groups excluding tert-OH is 1. The lowest BCUT2D eigenvalue weighted by Gasteiger charge is -2.13. The lowest BCUT2D eigenvalue weighted by atomic mass is 10.1. The van der Waals surface area contributed by atoms with Crippen molar-refractivity contribution in [1.29, 1.82) is 0 Å². The average Bonchev–Trinajstić information content (AvgIpc) is 2.53. The maximum atomic E-state index is 11.5. The van der Waals surface area contributed by atoms with Gasteiger partial charge >= 0.3 is 0 Å². The van der Waals surface area contributed by atoms with Crippen LogP contribution in [0.25, 0.3) is 0 Å². The van der Waals surface area contributed by atoms with Crippen LogP contribution in [0.5, 0.6) is 0 Å². The molecule has 2 rings (SSSR count). The van der Waals surface area contributed by atoms with Gasteiger partial charge < -0.3 is 16.2 Å². The van der Waals surface area contributed by atoms with Gasteiger partial charge in [0.25, 0.3) is 5.91 Å². The van der Waals surface area contributed by atoms with Gasteiger partial charge in [0, 0.05) is 13.1 Å². The summed E-state index contributed by atoms with van der Waals surface area (Å²) in [5.41, 5.74) is 7.55. The number of amides is 1. The monoisotopic (exact) mass is 331 g/mol. The van der Waals surface area contributed by atoms with Gasteiger partial charge in [0.1, 0.15) is 0 Å². The third kappa shape index (κ3) is 5.36. The number of aliphatic hydroxyl groups is 1. The number of rotatable bonds is 8. The van der Waals surface area contributed by atoms with Gasteiger partial charge in [-0.1, -0.05) is 54.1 Å². The van der Waals surface area contributed by atoms with E-state index in [1.165, 1.54) is 0 Å². The Balaban J connectivity index is 1.81. The fraction of sp³-hybridized carbons (Fsp3) is 0.222. The molecular formula is C18H20ClN2O2. The van der Waals surface area contributed by atoms with Crippen molar-refractivity contribution in [2.75, 3.05) is 6.54 Å². The Morgan fingerprint density at radius 2 is 1.96 bits per heavy atom. The van der Waals surface area contributed by atoms with Crippen LogP contribution in [-0.4, -0.2) is 23.7 Å². The van der Waals surface area contributed by atoms with E-state index in [4.69, 9.17) is 17.3 Å². The van der Waals surface area contributed by atoms with Crippen molar-refractivity contribution in [3.05, 3.63) is 76.7 Å². The van der Waals surface area contributed by atoms with Crippen LogP contribution in [0.1, 0.15) is 21.5 Å². The molecule has 5 heteroatoms. The Morgan fingerprint density at radius 3 is 2.65 bits per heavy atom. The number of hydrogen-bond donors (Lipinski definition) is 3. The second-order valence-corrected chi connectivity index (χ2v) is 5.67. The van der Waals surface area contributed by atoms with E-state index in [-0.39, 0.29) is 0 Å². The molecule has 0 heterocycles. The molecule has 121 valence electrons. The molecule has 2 aromatic rings. The fourth-order valence-corrected chi connectivity index (χ4v) is 2.60. The van der Waals surface area contributed by atoms with Crippen LogP contribution in [-0.2, 0) is 13.0 Å². The SMILES string of the molecule is NC(=O)c1c(Cl)cccc1CNC[C@H](O)[CH]Cc1ccccc1. The molecule has 2 aromatic carbocycles. The molecular weight excluding hydrogens is 312 g/mol. The molecule has 0 saturated carbocycles. The molecule has 4 N–H and O–H groups in total. The number of nitrogens with two attached hydrogens (primary N) is 1. The van der Waals surface area contributed by atoms with Gasteiger partial charge in [0.2, 0.25) is 0 Å². The van der Waals surface area contributed by atoms with Crippen molar-refractivity contribution >= 4 is 17.5 Å². The van der Waals surface area contributed by atoms with Crippen LogP contribution in [0.15, 0.2) is 48.5 Å². The van der Waals surface area contributed by atoms with E-state index in [0.717, 1.165) is 11.1 Å². The van der Waals surface area contributed by atoms with E-state index in [0.29, 0.717) is 30.1 Å². The van der Waals surface area contributed by atoms with Gasteiger partial charge in [-0.25, -0.2) is 0 Å². The molecule has 0 aliphatic carbocycles. The number of carbonyl (C=O) groups excluding carboxylic acids is 1. The number of halogens is 1. The number of benzene rings is 2. The van der Waals surface area contributed by atoms with Crippen molar-refractivity contribution in [1.82, 2.24) is 5.32 Å². The quantitative estimate of drug-likeness (QED) is 0.695. The molecule has 0 bridgehead atoms. The summed E-state index contributed by atoms with van der Waals surface area (Å²) >= 11 is 6.00. The summed E-state index contributed by atoms with van der Waals surface area (Å²) in [6.07, 6.45) is 1.97. The minimum atomic E-state index is -0.577. The summed E-state index contributed by atoms with van der Waals surface area (Å²) in [6.45, 7) is 0.798. The Hall–Kier alpha value is -1.88. The molecule has 0 spiro atoms. The lowest BCUT2D eigenvalue weighted by Crippen LogP contribution is -2.28. The molecule has 1 amide bonds. The maximum Gasteiger partial charge on any atom is 0.250 e. The standard InChI is InChI=1S/C18H20ClN2O2/c19-16-8-4-7-14(17(16)18(20)23)11-21-12-15(22)10-9-13-5-2-1-3-6-13/h1-8,10,15,21-22H,9,11-12H2,(H2,20,23)/t15-/m1/s1. The molecule has 1 radical (unpaired) electrons. The van der Waals surface area contributed by atoms with E-state index in [1.54, 1.807) is 18.2 Å². The summed E-state index contributed by atoms with van der Waals surface area (Å²) in [6, 6.07) is 15.1. The smallest absolute Gasteiger partial charge is 0.250 e. The molecule has 0 saturated heterocycles. The highest BCUT2D eigenvalue weighted by molar-refractivity contribution is 6.34. The van der Waals surface area contributed by atoms with Crippen molar-refractivity contribution < 1.29 is 9.90 Å². The maximum absolute atomic E-state index is 11.5. The van der Waals surface area contributed by atoms with E-state index in [2.05, 4.69) is 5.32 Å². The van der Waals surface area contributed by atoms with Gasteiger partial charge in [0.15, 0.2) is 0 Å². The Bertz CT molecular complexity index is 647. The second-order valence-electron chi connectivity index (χ2n) is 5.26. The topological polar surface area (TPSA) is 75.4 Å². The molecule has 0 aliphatic heterocycles. The van der Waals surface area contributed by atoms with Crippen LogP contribution >= 0.6 is 11.6 Å². The van der Waals surface area contributed by atoms with Gasteiger partial charge in [-0.2, -0.15) is 0 Å². The lowest BCUT2D eigenvalue weighted by molar-refractivity contribution is 0.0999. The average molecular weight is 332 g/mol. The molecule has 4 nitrogen and oxygen atoms in total. The molecule has 1 atom stereocenters. The number of carbonyl (C=O) groups is 1. The fourth-order valence-electron chi connectivity index (χ4n) is 2.32. The summed E-state index contributed by atoms with van der Waals surface area (Å²) in [4.78, 5) is 11.5. The van der Waals surface area contributed by atoms with E-state index in [1.807, 2.05) is 36.8 Å². The zero-order valence-electron chi connectivity index (χ0n) is 12.7. The Morgan fingerprint density at radius 1 is 1.22 bits per heavy atom. The van der Waals surface area contributed by atoms with E-state index in [9.17, 15) is 9.90 Å². The van der Waals surface area contributed by atoms with Gasteiger partial charge in [-0.15, -0.1) is 0 Å². The number of primary amides is 1. The van der Waals surface area contributed by atoms with E-state index < -0.39 is 12.0 Å². The third-order valence-electron chi connectivity index (χ3n) is 3.48. The largest absolute Gasteiger partial charge is 0.391 e. The highest BCUT2D eigenvalue weighted by atomic mass is 35.5. The minimum absolute atomic E-state index is 0.324. The van der Waals surface area contributed by atoms with Crippen molar-refractivity contribution in [2.45, 2.75) is 19.1 Å². The first-order valence-corrected chi connectivity index (χ1v) is 7.79. The summed E-state index contributed by atoms with van der Waals surface area (Å²) in [7, 11) is 0. The van der Waals surface area contributed by atoms with Crippen LogP contribution in [0, 0.1) is 6.42 Å². The van der Waals surface area contributed by atoms with Crippen LogP contribution in [0.3, 0.4) is 0 Å². The minimum Gasteiger partial charge on any atom is -0.391 e. The zero-order chi connectivity index (χ0) is 16.7. The van der Waals surface area contributed by atoms with E-state index >= 15 is 0 Å². The predicted octanol–water partition coefficient (Wildman–Crippen LogP) is 2.34. The summed E-state index contributed by atoms with van der Waals surface area (Å²) in [5, 5.41) is 13.4. The number of hydrogen-bond acceptors (Lipinski definition) is 3. The molecule has 0 unspecified atom stereocenters. The first-order chi connectivity index (χ1) is 11.1. The zero-order valence-corrected chi connectivity index (χ0v) is 13.5. The van der Waals surface area contributed by atoms with Crippen molar-refractivity contribution in [3.8, 4) is 0 Å². The van der Waals surface area contributed by atoms with Gasteiger partial charge in [-0.3, -0.25) is 4.79 Å². The van der Waals surface area contributed by atoms with Crippen LogP contribution < -0.4 is 11.1 Å². The highest BCUT2D eigenvalue weighted by Gasteiger charge is 2.12. The van der Waals surface area contributed by atoms with Gasteiger partial charge in [0.05, 0.1) is 16.7 Å². The normalized spacial score (nSPS) is 12.1. The molecule has 23 heavy (non-hydrogen) atoms. The molecule has 0 aliphatic rings. The van der Waals surface area contributed by atoms with Crippen molar-refractivity contribution in [2.24, 2.45) is 5.73 Å². The van der Waals surface area contributed by atoms with Crippen molar-refractivity contribution in [3.63, 3.8) is 0 Å². The summed E-state index contributed by atoms with van der Waals surface area (Å²) < 4.78 is 0. The third-order valence-corrected chi connectivity index (χ3v) is 3.80. The number of nitrogens with one attached hydrogen (secondary N) is 1. The second kappa shape index (κ2) is 8.67. The summed E-state index contributed by atoms with van der Waals surface area (Å²) in [5.74, 6) is -0.552.